The first-order valence-corrected chi connectivity index (χ1v) is 5.96. The molecule has 0 saturated heterocycles. The first-order chi connectivity index (χ1) is 9.45. The molecule has 0 unspecified atom stereocenters. The van der Waals surface area contributed by atoms with E-state index in [9.17, 15) is 10.1 Å². The van der Waals surface area contributed by atoms with Crippen LogP contribution in [0.3, 0.4) is 0 Å². The standard InChI is InChI=1S/C14H14N4O2/c1-9-12(8-15)13(18(3)16-9)17(2)11-6-4-10(5-7-11)14(19)20/h4-7H,1-3H3,(H,19,20). The van der Waals surface area contributed by atoms with Gasteiger partial charge in [-0.1, -0.05) is 0 Å². The Labute approximate surface area is 116 Å². The minimum Gasteiger partial charge on any atom is -0.478 e. The van der Waals surface area contributed by atoms with E-state index in [0.29, 0.717) is 17.1 Å². The minimum absolute atomic E-state index is 0.226. The molecule has 0 amide bonds. The second-order valence-electron chi connectivity index (χ2n) is 4.43. The van der Waals surface area contributed by atoms with Crippen LogP contribution in [0.5, 0.6) is 0 Å². The summed E-state index contributed by atoms with van der Waals surface area (Å²) in [7, 11) is 3.58. The van der Waals surface area contributed by atoms with Crippen LogP contribution in [0.15, 0.2) is 24.3 Å². The SMILES string of the molecule is Cc1nn(C)c(N(C)c2ccc(C(=O)O)cc2)c1C#N. The third-order valence-corrected chi connectivity index (χ3v) is 3.12. The number of hydrogen-bond donors (Lipinski definition) is 1. The lowest BCUT2D eigenvalue weighted by Gasteiger charge is -2.19. The highest BCUT2D eigenvalue weighted by molar-refractivity contribution is 5.88. The molecule has 1 aromatic heterocycles. The molecule has 1 N–H and O–H groups in total. The molecule has 20 heavy (non-hydrogen) atoms. The van der Waals surface area contributed by atoms with Crippen LogP contribution in [-0.4, -0.2) is 27.9 Å². The summed E-state index contributed by atoms with van der Waals surface area (Å²) in [6, 6.07) is 8.61. The Morgan fingerprint density at radius 1 is 1.40 bits per heavy atom. The molecule has 0 atom stereocenters. The molecule has 1 aromatic carbocycles. The quantitative estimate of drug-likeness (QED) is 0.923. The van der Waals surface area contributed by atoms with Crippen LogP contribution in [0.1, 0.15) is 21.6 Å². The fraction of sp³-hybridized carbons (Fsp3) is 0.214. The van der Waals surface area contributed by atoms with Gasteiger partial charge >= 0.3 is 5.97 Å². The first-order valence-electron chi connectivity index (χ1n) is 5.96. The lowest BCUT2D eigenvalue weighted by molar-refractivity contribution is 0.0697. The maximum atomic E-state index is 10.8. The van der Waals surface area contributed by atoms with Gasteiger partial charge in [0, 0.05) is 19.8 Å². The van der Waals surface area contributed by atoms with Crippen molar-refractivity contribution in [1.82, 2.24) is 9.78 Å². The number of hydrogen-bond acceptors (Lipinski definition) is 4. The third-order valence-electron chi connectivity index (χ3n) is 3.12. The van der Waals surface area contributed by atoms with Gasteiger partial charge in [-0.15, -0.1) is 0 Å². The van der Waals surface area contributed by atoms with E-state index in [1.807, 2.05) is 11.9 Å². The molecular formula is C14H14N4O2. The van der Waals surface area contributed by atoms with Crippen molar-refractivity contribution in [3.8, 4) is 6.07 Å². The van der Waals surface area contributed by atoms with Crippen LogP contribution >= 0.6 is 0 Å². The zero-order chi connectivity index (χ0) is 14.9. The number of benzene rings is 1. The Bertz CT molecular complexity index is 695. The molecule has 102 valence electrons. The number of aromatic nitrogens is 2. The maximum absolute atomic E-state index is 10.8. The van der Waals surface area contributed by atoms with Gasteiger partial charge < -0.3 is 10.0 Å². The molecule has 0 bridgehead atoms. The van der Waals surface area contributed by atoms with E-state index in [1.54, 1.807) is 30.8 Å². The summed E-state index contributed by atoms with van der Waals surface area (Å²) in [5, 5.41) is 22.3. The van der Waals surface area contributed by atoms with E-state index in [-0.39, 0.29) is 5.56 Å². The average Bonchev–Trinajstić information content (AvgIpc) is 2.72. The van der Waals surface area contributed by atoms with Gasteiger partial charge in [0.15, 0.2) is 0 Å². The smallest absolute Gasteiger partial charge is 0.335 e. The predicted octanol–water partition coefficient (Wildman–Crippen LogP) is 2.07. The van der Waals surface area contributed by atoms with Gasteiger partial charge in [0.25, 0.3) is 0 Å². The summed E-state index contributed by atoms with van der Waals surface area (Å²) in [4.78, 5) is 12.6. The average molecular weight is 270 g/mol. The number of rotatable bonds is 3. The van der Waals surface area contributed by atoms with Crippen LogP contribution < -0.4 is 4.90 Å². The Kier molecular flexibility index (Phi) is 3.44. The molecule has 0 aliphatic heterocycles. The Morgan fingerprint density at radius 3 is 2.50 bits per heavy atom. The number of carboxylic acids is 1. The van der Waals surface area contributed by atoms with Crippen molar-refractivity contribution < 1.29 is 9.90 Å². The fourth-order valence-corrected chi connectivity index (χ4v) is 2.11. The zero-order valence-corrected chi connectivity index (χ0v) is 11.5. The predicted molar refractivity (Wildman–Crippen MR) is 74.1 cm³/mol. The second kappa shape index (κ2) is 5.05. The van der Waals surface area contributed by atoms with Gasteiger partial charge in [0.05, 0.1) is 11.3 Å². The summed E-state index contributed by atoms with van der Waals surface area (Å²) in [6.45, 7) is 1.78. The summed E-state index contributed by atoms with van der Waals surface area (Å²) in [6.07, 6.45) is 0. The highest BCUT2D eigenvalue weighted by Gasteiger charge is 2.18. The van der Waals surface area contributed by atoms with Crippen LogP contribution in [0.25, 0.3) is 0 Å². The minimum atomic E-state index is -0.965. The van der Waals surface area contributed by atoms with Crippen molar-refractivity contribution in [3.63, 3.8) is 0 Å². The number of anilines is 2. The molecule has 6 heteroatoms. The molecule has 0 spiro atoms. The molecule has 2 aromatic rings. The summed E-state index contributed by atoms with van der Waals surface area (Å²) in [5.41, 5.74) is 2.19. The van der Waals surface area contributed by atoms with E-state index >= 15 is 0 Å². The molecule has 0 radical (unpaired) electrons. The summed E-state index contributed by atoms with van der Waals surface area (Å²) < 4.78 is 1.64. The molecule has 0 fully saturated rings. The van der Waals surface area contributed by atoms with Gasteiger partial charge in [-0.05, 0) is 31.2 Å². The molecule has 0 aliphatic carbocycles. The zero-order valence-electron chi connectivity index (χ0n) is 11.5. The number of aryl methyl sites for hydroxylation is 2. The van der Waals surface area contributed by atoms with Crippen molar-refractivity contribution in [2.45, 2.75) is 6.92 Å². The van der Waals surface area contributed by atoms with E-state index in [2.05, 4.69) is 11.2 Å². The van der Waals surface area contributed by atoms with Gasteiger partial charge in [-0.2, -0.15) is 10.4 Å². The number of nitriles is 1. The van der Waals surface area contributed by atoms with Gasteiger partial charge in [-0.25, -0.2) is 4.79 Å². The summed E-state index contributed by atoms with van der Waals surface area (Å²) in [5.74, 6) is -0.290. The fourth-order valence-electron chi connectivity index (χ4n) is 2.11. The highest BCUT2D eigenvalue weighted by atomic mass is 16.4. The third kappa shape index (κ3) is 2.21. The molecule has 2 rings (SSSR count). The molecule has 6 nitrogen and oxygen atoms in total. The van der Waals surface area contributed by atoms with Crippen molar-refractivity contribution in [2.75, 3.05) is 11.9 Å². The van der Waals surface area contributed by atoms with Gasteiger partial charge in [-0.3, -0.25) is 4.68 Å². The second-order valence-corrected chi connectivity index (χ2v) is 4.43. The topological polar surface area (TPSA) is 82.2 Å². The van der Waals surface area contributed by atoms with E-state index < -0.39 is 5.97 Å². The first kappa shape index (κ1) is 13.6. The normalized spacial score (nSPS) is 10.1. The van der Waals surface area contributed by atoms with E-state index in [0.717, 1.165) is 5.69 Å². The van der Waals surface area contributed by atoms with Crippen molar-refractivity contribution in [3.05, 3.63) is 41.1 Å². The molecule has 0 saturated carbocycles. The van der Waals surface area contributed by atoms with Crippen molar-refractivity contribution >= 4 is 17.5 Å². The van der Waals surface area contributed by atoms with Gasteiger partial charge in [0.2, 0.25) is 0 Å². The number of carbonyl (C=O) groups is 1. The van der Waals surface area contributed by atoms with Crippen LogP contribution in [-0.2, 0) is 7.05 Å². The van der Waals surface area contributed by atoms with E-state index in [4.69, 9.17) is 5.11 Å². The summed E-state index contributed by atoms with van der Waals surface area (Å²) >= 11 is 0. The Balaban J connectivity index is 2.44. The number of nitrogens with zero attached hydrogens (tertiary/aromatic N) is 4. The lowest BCUT2D eigenvalue weighted by Crippen LogP contribution is -2.15. The monoisotopic (exact) mass is 270 g/mol. The number of aromatic carboxylic acids is 1. The lowest BCUT2D eigenvalue weighted by atomic mass is 10.2. The number of carboxylic acid groups (broad SMARTS) is 1. The Hall–Kier alpha value is -2.81. The van der Waals surface area contributed by atoms with Gasteiger partial charge in [0.1, 0.15) is 17.5 Å². The van der Waals surface area contributed by atoms with Crippen LogP contribution in [0, 0.1) is 18.3 Å². The molecule has 0 aliphatic rings. The Morgan fingerprint density at radius 2 is 2.00 bits per heavy atom. The maximum Gasteiger partial charge on any atom is 0.335 e. The van der Waals surface area contributed by atoms with E-state index in [1.165, 1.54) is 12.1 Å². The van der Waals surface area contributed by atoms with Crippen molar-refractivity contribution in [2.24, 2.45) is 7.05 Å². The molecular weight excluding hydrogens is 256 g/mol. The highest BCUT2D eigenvalue weighted by Crippen LogP contribution is 2.28. The van der Waals surface area contributed by atoms with Crippen molar-refractivity contribution in [1.29, 1.82) is 5.26 Å². The largest absolute Gasteiger partial charge is 0.478 e. The molecule has 1 heterocycles. The van der Waals surface area contributed by atoms with Crippen LogP contribution in [0.2, 0.25) is 0 Å². The van der Waals surface area contributed by atoms with Crippen LogP contribution in [0.4, 0.5) is 11.5 Å².